The van der Waals surface area contributed by atoms with Crippen molar-refractivity contribution >= 4 is 11.3 Å². The lowest BCUT2D eigenvalue weighted by Gasteiger charge is -2.16. The van der Waals surface area contributed by atoms with Gasteiger partial charge in [-0.2, -0.15) is 0 Å². The van der Waals surface area contributed by atoms with Crippen molar-refractivity contribution in [2.24, 2.45) is 0 Å². The van der Waals surface area contributed by atoms with E-state index in [1.165, 1.54) is 5.56 Å². The Morgan fingerprint density at radius 2 is 2.21 bits per heavy atom. The van der Waals surface area contributed by atoms with Crippen LogP contribution in [0.5, 0.6) is 5.75 Å². The second kappa shape index (κ2) is 6.79. The molecule has 0 saturated carbocycles. The normalized spacial score (nSPS) is 18.1. The fourth-order valence-electron chi connectivity index (χ4n) is 3.38. The lowest BCUT2D eigenvalue weighted by atomic mass is 9.97. The minimum Gasteiger partial charge on any atom is -0.496 e. The molecule has 4 nitrogen and oxygen atoms in total. The molecule has 0 radical (unpaired) electrons. The van der Waals surface area contributed by atoms with E-state index < -0.39 is 0 Å². The highest BCUT2D eigenvalue weighted by Gasteiger charge is 2.26. The molecule has 0 aliphatic carbocycles. The summed E-state index contributed by atoms with van der Waals surface area (Å²) >= 11 is 1.67. The second-order valence-corrected chi connectivity index (χ2v) is 7.07. The highest BCUT2D eigenvalue weighted by Crippen LogP contribution is 2.34. The van der Waals surface area contributed by atoms with Gasteiger partial charge in [-0.3, -0.25) is 4.90 Å². The van der Waals surface area contributed by atoms with E-state index in [1.54, 1.807) is 18.4 Å². The average molecular weight is 340 g/mol. The molecule has 1 atom stereocenters. The SMILES string of the molecule is COc1ccccc1C1CCN(Cc2cc(-c3cccs3)on2)C1. The summed E-state index contributed by atoms with van der Waals surface area (Å²) in [6.45, 7) is 2.94. The molecule has 1 aliphatic heterocycles. The maximum absolute atomic E-state index is 5.51. The van der Waals surface area contributed by atoms with Crippen LogP contribution < -0.4 is 4.74 Å². The Balaban J connectivity index is 1.42. The van der Waals surface area contributed by atoms with Crippen molar-refractivity contribution in [2.45, 2.75) is 18.9 Å². The van der Waals surface area contributed by atoms with Crippen molar-refractivity contribution in [3.63, 3.8) is 0 Å². The van der Waals surface area contributed by atoms with E-state index in [1.807, 2.05) is 18.2 Å². The molecule has 0 amide bonds. The van der Waals surface area contributed by atoms with Gasteiger partial charge in [-0.05, 0) is 36.0 Å². The molecule has 124 valence electrons. The molecule has 4 rings (SSSR count). The van der Waals surface area contributed by atoms with Gasteiger partial charge in [0.15, 0.2) is 5.76 Å². The number of ether oxygens (including phenoxy) is 1. The fourth-order valence-corrected chi connectivity index (χ4v) is 4.06. The summed E-state index contributed by atoms with van der Waals surface area (Å²) in [7, 11) is 1.74. The summed E-state index contributed by atoms with van der Waals surface area (Å²) in [4.78, 5) is 3.56. The fraction of sp³-hybridized carbons (Fsp3) is 0.316. The van der Waals surface area contributed by atoms with Gasteiger partial charge in [0.2, 0.25) is 0 Å². The first-order chi connectivity index (χ1) is 11.8. The Morgan fingerprint density at radius 1 is 1.29 bits per heavy atom. The Kier molecular flexibility index (Phi) is 4.36. The van der Waals surface area contributed by atoms with Crippen LogP contribution in [-0.4, -0.2) is 30.3 Å². The van der Waals surface area contributed by atoms with Gasteiger partial charge in [0.1, 0.15) is 5.75 Å². The van der Waals surface area contributed by atoms with E-state index >= 15 is 0 Å². The summed E-state index contributed by atoms with van der Waals surface area (Å²) in [5, 5.41) is 6.28. The van der Waals surface area contributed by atoms with Gasteiger partial charge in [-0.15, -0.1) is 11.3 Å². The van der Waals surface area contributed by atoms with Crippen LogP contribution in [0.15, 0.2) is 52.4 Å². The number of thiophene rings is 1. The van der Waals surface area contributed by atoms with Crippen LogP contribution >= 0.6 is 11.3 Å². The zero-order chi connectivity index (χ0) is 16.4. The predicted octanol–water partition coefficient (Wildman–Crippen LogP) is 4.40. The maximum Gasteiger partial charge on any atom is 0.177 e. The van der Waals surface area contributed by atoms with Gasteiger partial charge < -0.3 is 9.26 Å². The van der Waals surface area contributed by atoms with Crippen molar-refractivity contribution in [3.05, 3.63) is 59.1 Å². The van der Waals surface area contributed by atoms with E-state index in [4.69, 9.17) is 9.26 Å². The number of methoxy groups -OCH3 is 1. The van der Waals surface area contributed by atoms with E-state index in [9.17, 15) is 0 Å². The number of hydrogen-bond donors (Lipinski definition) is 0. The van der Waals surface area contributed by atoms with Crippen LogP contribution in [-0.2, 0) is 6.54 Å². The highest BCUT2D eigenvalue weighted by molar-refractivity contribution is 7.13. The Hall–Kier alpha value is -2.11. The van der Waals surface area contributed by atoms with Crippen molar-refractivity contribution in [1.29, 1.82) is 0 Å². The van der Waals surface area contributed by atoms with Crippen LogP contribution in [0.3, 0.4) is 0 Å². The number of benzene rings is 1. The summed E-state index contributed by atoms with van der Waals surface area (Å²) in [6.07, 6.45) is 1.15. The third-order valence-electron chi connectivity index (χ3n) is 4.56. The van der Waals surface area contributed by atoms with E-state index in [2.05, 4.69) is 39.7 Å². The molecule has 2 aromatic heterocycles. The van der Waals surface area contributed by atoms with Gasteiger partial charge >= 0.3 is 0 Å². The molecule has 1 saturated heterocycles. The Bertz CT molecular complexity index is 797. The minimum absolute atomic E-state index is 0.518. The number of hydrogen-bond acceptors (Lipinski definition) is 5. The summed E-state index contributed by atoms with van der Waals surface area (Å²) in [6, 6.07) is 14.5. The predicted molar refractivity (Wildman–Crippen MR) is 95.4 cm³/mol. The van der Waals surface area contributed by atoms with Gasteiger partial charge in [0.05, 0.1) is 17.7 Å². The number of rotatable bonds is 5. The smallest absolute Gasteiger partial charge is 0.177 e. The summed E-state index contributed by atoms with van der Waals surface area (Å²) in [5.41, 5.74) is 2.31. The summed E-state index contributed by atoms with van der Waals surface area (Å²) in [5.74, 6) is 2.37. The zero-order valence-electron chi connectivity index (χ0n) is 13.6. The standard InChI is InChI=1S/C19H20N2O2S/c1-22-17-6-3-2-5-16(17)14-8-9-21(12-14)13-15-11-18(23-20-15)19-7-4-10-24-19/h2-7,10-11,14H,8-9,12-13H2,1H3. The van der Waals surface area contributed by atoms with Gasteiger partial charge in [0, 0.05) is 25.1 Å². The molecule has 3 heterocycles. The van der Waals surface area contributed by atoms with Crippen molar-refractivity contribution < 1.29 is 9.26 Å². The van der Waals surface area contributed by atoms with Crippen molar-refractivity contribution in [2.75, 3.05) is 20.2 Å². The first-order valence-electron chi connectivity index (χ1n) is 8.18. The van der Waals surface area contributed by atoms with Crippen molar-refractivity contribution in [1.82, 2.24) is 10.1 Å². The number of likely N-dealkylation sites (tertiary alicyclic amines) is 1. The Labute approximate surface area is 145 Å². The largest absolute Gasteiger partial charge is 0.496 e. The summed E-state index contributed by atoms with van der Waals surface area (Å²) < 4.78 is 11.0. The molecular weight excluding hydrogens is 320 g/mol. The third-order valence-corrected chi connectivity index (χ3v) is 5.44. The van der Waals surface area contributed by atoms with E-state index in [0.717, 1.165) is 48.1 Å². The number of para-hydroxylation sites is 1. The van der Waals surface area contributed by atoms with E-state index in [0.29, 0.717) is 5.92 Å². The lowest BCUT2D eigenvalue weighted by molar-refractivity contribution is 0.310. The van der Waals surface area contributed by atoms with Crippen LogP contribution in [0, 0.1) is 0 Å². The third kappa shape index (κ3) is 3.09. The van der Waals surface area contributed by atoms with E-state index in [-0.39, 0.29) is 0 Å². The molecule has 1 fully saturated rings. The molecule has 1 aromatic carbocycles. The molecule has 0 N–H and O–H groups in total. The van der Waals surface area contributed by atoms with Crippen LogP contribution in [0.4, 0.5) is 0 Å². The molecular formula is C19H20N2O2S. The van der Waals surface area contributed by atoms with Crippen molar-refractivity contribution in [3.8, 4) is 16.4 Å². The van der Waals surface area contributed by atoms with Gasteiger partial charge in [-0.1, -0.05) is 29.4 Å². The topological polar surface area (TPSA) is 38.5 Å². The van der Waals surface area contributed by atoms with Gasteiger partial charge in [-0.25, -0.2) is 0 Å². The quantitative estimate of drug-likeness (QED) is 0.690. The highest BCUT2D eigenvalue weighted by atomic mass is 32.1. The average Bonchev–Trinajstić information content (AvgIpc) is 3.36. The van der Waals surface area contributed by atoms with Gasteiger partial charge in [0.25, 0.3) is 0 Å². The minimum atomic E-state index is 0.518. The van der Waals surface area contributed by atoms with Crippen LogP contribution in [0.25, 0.3) is 10.6 Å². The monoisotopic (exact) mass is 340 g/mol. The molecule has 0 spiro atoms. The number of nitrogens with zero attached hydrogens (tertiary/aromatic N) is 2. The first-order valence-corrected chi connectivity index (χ1v) is 9.06. The molecule has 24 heavy (non-hydrogen) atoms. The second-order valence-electron chi connectivity index (χ2n) is 6.12. The van der Waals surface area contributed by atoms with Crippen LogP contribution in [0.1, 0.15) is 23.6 Å². The lowest BCUT2D eigenvalue weighted by Crippen LogP contribution is -2.20. The molecule has 5 heteroatoms. The molecule has 1 aliphatic rings. The molecule has 0 bridgehead atoms. The molecule has 1 unspecified atom stereocenters. The zero-order valence-corrected chi connectivity index (χ0v) is 14.5. The maximum atomic E-state index is 5.51. The van der Waals surface area contributed by atoms with Crippen LogP contribution in [0.2, 0.25) is 0 Å². The first kappa shape index (κ1) is 15.4. The number of aromatic nitrogens is 1. The molecule has 3 aromatic rings. The Morgan fingerprint density at radius 3 is 3.04 bits per heavy atom.